The second-order valence-electron chi connectivity index (χ2n) is 7.68. The first-order chi connectivity index (χ1) is 14.2. The van der Waals surface area contributed by atoms with Gasteiger partial charge < -0.3 is 0 Å². The molecule has 3 aromatic rings. The molecule has 1 heterocycles. The minimum absolute atomic E-state index is 0.286. The Hall–Kier alpha value is -2.40. The summed E-state index contributed by atoms with van der Waals surface area (Å²) >= 11 is 3.41. The van der Waals surface area contributed by atoms with Crippen molar-refractivity contribution in [3.8, 4) is 0 Å². The molecule has 0 aromatic heterocycles. The first kappa shape index (κ1) is 19.9. The summed E-state index contributed by atoms with van der Waals surface area (Å²) in [5.74, 6) is 0. The van der Waals surface area contributed by atoms with Crippen molar-refractivity contribution < 1.29 is 15.9 Å². The van der Waals surface area contributed by atoms with Gasteiger partial charge in [0.1, 0.15) is 0 Å². The van der Waals surface area contributed by atoms with Crippen LogP contribution in [0.1, 0.15) is 48.1 Å². The molecule has 1 aliphatic rings. The number of unbranched alkanes of at least 4 members (excludes halogenated alkanes) is 1. The minimum atomic E-state index is 0.286. The van der Waals surface area contributed by atoms with Gasteiger partial charge in [-0.15, -0.1) is 0 Å². The van der Waals surface area contributed by atoms with E-state index in [1.807, 2.05) is 0 Å². The van der Waals surface area contributed by atoms with Crippen LogP contribution in [0.25, 0.3) is 5.70 Å². The molecule has 1 unspecified atom stereocenters. The number of benzene rings is 3. The standard InChI is InChI=1S/C27H27N.Cr/c1-3-4-19-28-26(23-13-9-6-10-14-23)25(20-22-11-7-5-8-12-22)27(28)24-17-15-21(2)16-18-24;/h5-18,27H,3-4,19H2,1-2H3;. The van der Waals surface area contributed by atoms with Crippen LogP contribution in [0.4, 0.5) is 0 Å². The van der Waals surface area contributed by atoms with Crippen LogP contribution in [0.5, 0.6) is 0 Å². The fourth-order valence-electron chi connectivity index (χ4n) is 4.06. The molecule has 0 radical (unpaired) electrons. The molecule has 0 amide bonds. The molecule has 0 saturated carbocycles. The summed E-state index contributed by atoms with van der Waals surface area (Å²) in [6, 6.07) is 30.9. The molecule has 4 rings (SSSR count). The summed E-state index contributed by atoms with van der Waals surface area (Å²) in [4.78, 5) is 2.60. The number of nitrogens with zero attached hydrogens (tertiary/aromatic N) is 1. The summed E-state index contributed by atoms with van der Waals surface area (Å²) < 4.78 is 1.25. The van der Waals surface area contributed by atoms with Gasteiger partial charge in [-0.1, -0.05) is 0 Å². The topological polar surface area (TPSA) is 3.24 Å². The molecule has 146 valence electrons. The molecule has 0 N–H and O–H groups in total. The van der Waals surface area contributed by atoms with Gasteiger partial charge in [0.25, 0.3) is 0 Å². The Morgan fingerprint density at radius 2 is 1.48 bits per heavy atom. The van der Waals surface area contributed by atoms with Crippen molar-refractivity contribution in [3.05, 3.63) is 113 Å². The van der Waals surface area contributed by atoms with Crippen LogP contribution in [0.2, 0.25) is 0 Å². The molecule has 0 aliphatic carbocycles. The molecule has 0 fully saturated rings. The van der Waals surface area contributed by atoms with Crippen molar-refractivity contribution in [1.82, 2.24) is 4.90 Å². The molecule has 2 heteroatoms. The number of hydrogen-bond donors (Lipinski definition) is 0. The number of hydrogen-bond acceptors (Lipinski definition) is 1. The quantitative estimate of drug-likeness (QED) is 0.434. The predicted octanol–water partition coefficient (Wildman–Crippen LogP) is 6.33. The van der Waals surface area contributed by atoms with E-state index in [1.165, 1.54) is 50.7 Å². The van der Waals surface area contributed by atoms with Gasteiger partial charge in [-0.2, -0.15) is 0 Å². The average molecular weight is 418 g/mol. The fraction of sp³-hybridized carbons (Fsp3) is 0.222. The zero-order chi connectivity index (χ0) is 20.2. The average Bonchev–Trinajstić information content (AvgIpc) is 2.76. The molecule has 1 nitrogen and oxygen atoms in total. The van der Waals surface area contributed by atoms with Gasteiger partial charge in [0, 0.05) is 0 Å². The van der Waals surface area contributed by atoms with E-state index < -0.39 is 0 Å². The monoisotopic (exact) mass is 417 g/mol. The third kappa shape index (κ3) is 4.01. The molecular formula is C27H27CrN. The SMILES string of the molecule is CCCCN1C(c2ccccc2)=C([C](=[Cr])c2ccccc2)C1c1ccc(C)cc1. The van der Waals surface area contributed by atoms with Gasteiger partial charge in [0.2, 0.25) is 0 Å². The summed E-state index contributed by atoms with van der Waals surface area (Å²) in [5, 5.41) is 0. The molecule has 0 spiro atoms. The molecule has 0 saturated heterocycles. The number of rotatable bonds is 7. The first-order valence-corrected chi connectivity index (χ1v) is 11.1. The predicted molar refractivity (Wildman–Crippen MR) is 119 cm³/mol. The van der Waals surface area contributed by atoms with Crippen molar-refractivity contribution in [2.45, 2.75) is 32.7 Å². The van der Waals surface area contributed by atoms with E-state index in [9.17, 15) is 0 Å². The Kier molecular flexibility index (Phi) is 6.14. The van der Waals surface area contributed by atoms with Gasteiger partial charge >= 0.3 is 183 Å². The molecular weight excluding hydrogens is 390 g/mol. The second kappa shape index (κ2) is 8.95. The van der Waals surface area contributed by atoms with Crippen LogP contribution >= 0.6 is 0 Å². The zero-order valence-corrected chi connectivity index (χ0v) is 18.4. The van der Waals surface area contributed by atoms with Crippen molar-refractivity contribution in [2.24, 2.45) is 0 Å². The van der Waals surface area contributed by atoms with Crippen LogP contribution in [-0.4, -0.2) is 15.8 Å². The van der Waals surface area contributed by atoms with Crippen molar-refractivity contribution in [2.75, 3.05) is 6.54 Å². The maximum absolute atomic E-state index is 3.41. The summed E-state index contributed by atoms with van der Waals surface area (Å²) in [6.45, 7) is 5.49. The van der Waals surface area contributed by atoms with E-state index in [-0.39, 0.29) is 6.04 Å². The van der Waals surface area contributed by atoms with E-state index in [4.69, 9.17) is 0 Å². The van der Waals surface area contributed by atoms with Crippen molar-refractivity contribution in [1.29, 1.82) is 0 Å². The Balaban J connectivity index is 1.86. The second-order valence-corrected chi connectivity index (χ2v) is 8.32. The molecule has 29 heavy (non-hydrogen) atoms. The Morgan fingerprint density at radius 3 is 2.10 bits per heavy atom. The molecule has 3 aromatic carbocycles. The Morgan fingerprint density at radius 1 is 0.862 bits per heavy atom. The van der Waals surface area contributed by atoms with Gasteiger partial charge in [0.05, 0.1) is 0 Å². The maximum atomic E-state index is 3.41. The summed E-state index contributed by atoms with van der Waals surface area (Å²) in [5.41, 5.74) is 7.99. The molecule has 1 atom stereocenters. The summed E-state index contributed by atoms with van der Waals surface area (Å²) in [7, 11) is 0. The normalized spacial score (nSPS) is 15.9. The van der Waals surface area contributed by atoms with E-state index in [1.54, 1.807) is 0 Å². The molecule has 1 aliphatic heterocycles. The third-order valence-electron chi connectivity index (χ3n) is 5.60. The van der Waals surface area contributed by atoms with Gasteiger partial charge in [-0.05, 0) is 0 Å². The van der Waals surface area contributed by atoms with Crippen LogP contribution in [0.15, 0.2) is 90.5 Å². The zero-order valence-electron chi connectivity index (χ0n) is 17.1. The van der Waals surface area contributed by atoms with Crippen LogP contribution in [0.3, 0.4) is 0 Å². The van der Waals surface area contributed by atoms with Crippen LogP contribution in [-0.2, 0) is 15.9 Å². The van der Waals surface area contributed by atoms with Gasteiger partial charge in [-0.3, -0.25) is 0 Å². The first-order valence-electron chi connectivity index (χ1n) is 10.4. The Labute approximate surface area is 182 Å². The van der Waals surface area contributed by atoms with Gasteiger partial charge in [-0.25, -0.2) is 0 Å². The fourth-order valence-corrected chi connectivity index (χ4v) is 4.60. The van der Waals surface area contributed by atoms with E-state index in [2.05, 4.69) is 120 Å². The number of aryl methyl sites for hydroxylation is 1. The third-order valence-corrected chi connectivity index (χ3v) is 6.31. The van der Waals surface area contributed by atoms with Gasteiger partial charge in [0.15, 0.2) is 0 Å². The van der Waals surface area contributed by atoms with Crippen molar-refractivity contribution in [3.63, 3.8) is 0 Å². The summed E-state index contributed by atoms with van der Waals surface area (Å²) in [6.07, 6.45) is 2.39. The molecule has 0 bridgehead atoms. The van der Waals surface area contributed by atoms with Crippen molar-refractivity contribution >= 4 is 10.1 Å². The van der Waals surface area contributed by atoms with Crippen LogP contribution < -0.4 is 0 Å². The Bertz CT molecular complexity index is 1000. The van der Waals surface area contributed by atoms with Crippen LogP contribution in [0, 0.1) is 6.92 Å². The van der Waals surface area contributed by atoms with E-state index >= 15 is 0 Å². The van der Waals surface area contributed by atoms with E-state index in [0.29, 0.717) is 0 Å². The van der Waals surface area contributed by atoms with E-state index in [0.717, 1.165) is 6.54 Å².